The number of nitrogens with zero attached hydrogens (tertiary/aromatic N) is 2. The zero-order chi connectivity index (χ0) is 33.1. The van der Waals surface area contributed by atoms with E-state index in [2.05, 4.69) is 21.2 Å². The molecule has 1 unspecified atom stereocenters. The third-order valence-corrected chi connectivity index (χ3v) is 9.67. The van der Waals surface area contributed by atoms with Gasteiger partial charge in [0.1, 0.15) is 18.3 Å². The first-order valence-corrected chi connectivity index (χ1v) is 17.5. The third kappa shape index (κ3) is 9.20. The van der Waals surface area contributed by atoms with Crippen LogP contribution in [0.15, 0.2) is 112 Å². The number of aryl methyl sites for hydroxylation is 1. The van der Waals surface area contributed by atoms with Gasteiger partial charge in [0.25, 0.3) is 10.0 Å². The molecular weight excluding hydrogens is 666 g/mol. The Hall–Kier alpha value is -4.15. The number of anilines is 1. The van der Waals surface area contributed by atoms with Gasteiger partial charge in [0.2, 0.25) is 11.8 Å². The molecule has 0 aliphatic carbocycles. The largest absolute Gasteiger partial charge is 0.494 e. The zero-order valence-electron chi connectivity index (χ0n) is 26.4. The van der Waals surface area contributed by atoms with Crippen molar-refractivity contribution in [2.45, 2.75) is 51.1 Å². The van der Waals surface area contributed by atoms with Crippen LogP contribution in [0, 0.1) is 6.92 Å². The van der Waals surface area contributed by atoms with E-state index in [1.807, 2.05) is 75.4 Å². The quantitative estimate of drug-likeness (QED) is 0.152. The lowest BCUT2D eigenvalue weighted by atomic mass is 10.0. The van der Waals surface area contributed by atoms with E-state index in [0.717, 1.165) is 31.9 Å². The van der Waals surface area contributed by atoms with Gasteiger partial charge in [-0.2, -0.15) is 0 Å². The minimum atomic E-state index is -4.20. The molecule has 0 bridgehead atoms. The summed E-state index contributed by atoms with van der Waals surface area (Å²) in [5.41, 5.74) is 2.95. The SMILES string of the molecule is CCCNC(=O)C(Cc1ccccc1)N(Cc1cccc(Br)c1)C(=O)CN(c1ccc(C)cc1)S(=O)(=O)c1ccc(OCC)cc1. The number of sulfonamides is 1. The van der Waals surface area contributed by atoms with Gasteiger partial charge in [0.15, 0.2) is 0 Å². The molecule has 46 heavy (non-hydrogen) atoms. The molecule has 0 aliphatic heterocycles. The summed E-state index contributed by atoms with van der Waals surface area (Å²) in [7, 11) is -4.20. The number of halogens is 1. The number of nitrogens with one attached hydrogen (secondary N) is 1. The molecule has 4 aromatic carbocycles. The highest BCUT2D eigenvalue weighted by Gasteiger charge is 2.34. The highest BCUT2D eigenvalue weighted by Crippen LogP contribution is 2.27. The van der Waals surface area contributed by atoms with Crippen LogP contribution >= 0.6 is 15.9 Å². The second-order valence-electron chi connectivity index (χ2n) is 10.9. The Balaban J connectivity index is 1.78. The van der Waals surface area contributed by atoms with Crippen molar-refractivity contribution in [2.75, 3.05) is 24.0 Å². The molecule has 0 spiro atoms. The Morgan fingerprint density at radius 2 is 1.54 bits per heavy atom. The topological polar surface area (TPSA) is 96.0 Å². The van der Waals surface area contributed by atoms with Gasteiger partial charge in [0, 0.05) is 24.0 Å². The molecule has 4 rings (SSSR count). The summed E-state index contributed by atoms with van der Waals surface area (Å²) in [6.07, 6.45) is 0.983. The molecule has 0 fully saturated rings. The van der Waals surface area contributed by atoms with E-state index >= 15 is 0 Å². The minimum absolute atomic E-state index is 0.0180. The van der Waals surface area contributed by atoms with Crippen LogP contribution in [0.2, 0.25) is 0 Å². The first-order valence-electron chi connectivity index (χ1n) is 15.3. The van der Waals surface area contributed by atoms with E-state index in [-0.39, 0.29) is 23.8 Å². The second-order valence-corrected chi connectivity index (χ2v) is 13.7. The number of hydrogen-bond acceptors (Lipinski definition) is 5. The zero-order valence-corrected chi connectivity index (χ0v) is 28.8. The Bertz CT molecular complexity index is 1700. The summed E-state index contributed by atoms with van der Waals surface area (Å²) in [6.45, 7) is 6.19. The van der Waals surface area contributed by atoms with Crippen molar-refractivity contribution in [1.82, 2.24) is 10.2 Å². The highest BCUT2D eigenvalue weighted by atomic mass is 79.9. The Kier molecular flexibility index (Phi) is 12.4. The van der Waals surface area contributed by atoms with E-state index in [4.69, 9.17) is 4.74 Å². The van der Waals surface area contributed by atoms with Crippen LogP contribution in [-0.2, 0) is 32.6 Å². The predicted octanol–water partition coefficient (Wildman–Crippen LogP) is 6.52. The molecule has 0 saturated carbocycles. The lowest BCUT2D eigenvalue weighted by Gasteiger charge is -2.34. The van der Waals surface area contributed by atoms with Crippen molar-refractivity contribution in [3.63, 3.8) is 0 Å². The normalized spacial score (nSPS) is 11.8. The first-order chi connectivity index (χ1) is 22.1. The average Bonchev–Trinajstić information content (AvgIpc) is 3.05. The number of carbonyl (C=O) groups excluding carboxylic acids is 2. The Labute approximate surface area is 280 Å². The second kappa shape index (κ2) is 16.4. The maximum Gasteiger partial charge on any atom is 0.264 e. The van der Waals surface area contributed by atoms with Crippen molar-refractivity contribution in [3.05, 3.63) is 124 Å². The van der Waals surface area contributed by atoms with Crippen LogP contribution in [0.1, 0.15) is 37.0 Å². The summed E-state index contributed by atoms with van der Waals surface area (Å²) in [6, 6.07) is 29.2. The smallest absolute Gasteiger partial charge is 0.264 e. The molecule has 1 atom stereocenters. The summed E-state index contributed by atoms with van der Waals surface area (Å²) in [5.74, 6) is -0.269. The molecule has 2 amide bonds. The van der Waals surface area contributed by atoms with Crippen LogP contribution in [0.5, 0.6) is 5.75 Å². The van der Waals surface area contributed by atoms with Gasteiger partial charge in [-0.1, -0.05) is 83.0 Å². The summed E-state index contributed by atoms with van der Waals surface area (Å²) in [4.78, 5) is 29.8. The molecule has 4 aromatic rings. The van der Waals surface area contributed by atoms with E-state index in [9.17, 15) is 18.0 Å². The van der Waals surface area contributed by atoms with Crippen molar-refractivity contribution in [1.29, 1.82) is 0 Å². The molecule has 0 radical (unpaired) electrons. The van der Waals surface area contributed by atoms with Gasteiger partial charge < -0.3 is 15.0 Å². The molecule has 10 heteroatoms. The fourth-order valence-electron chi connectivity index (χ4n) is 4.99. The van der Waals surface area contributed by atoms with Gasteiger partial charge in [0.05, 0.1) is 17.2 Å². The molecule has 1 N–H and O–H groups in total. The molecule has 242 valence electrons. The van der Waals surface area contributed by atoms with Crippen LogP contribution in [-0.4, -0.2) is 50.9 Å². The molecule has 0 saturated heterocycles. The maximum atomic E-state index is 14.5. The summed E-state index contributed by atoms with van der Waals surface area (Å²) in [5, 5.41) is 2.96. The van der Waals surface area contributed by atoms with Gasteiger partial charge in [-0.3, -0.25) is 13.9 Å². The number of amides is 2. The van der Waals surface area contributed by atoms with E-state index in [1.54, 1.807) is 36.4 Å². The monoisotopic (exact) mass is 705 g/mol. The van der Waals surface area contributed by atoms with Crippen molar-refractivity contribution in [2.24, 2.45) is 0 Å². The maximum absolute atomic E-state index is 14.5. The number of carbonyl (C=O) groups is 2. The number of benzene rings is 4. The van der Waals surface area contributed by atoms with Gasteiger partial charge in [-0.25, -0.2) is 8.42 Å². The van der Waals surface area contributed by atoms with E-state index < -0.39 is 28.5 Å². The lowest BCUT2D eigenvalue weighted by molar-refractivity contribution is -0.140. The highest BCUT2D eigenvalue weighted by molar-refractivity contribution is 9.10. The number of hydrogen-bond donors (Lipinski definition) is 1. The molecule has 0 heterocycles. The van der Waals surface area contributed by atoms with Crippen molar-refractivity contribution in [3.8, 4) is 5.75 Å². The van der Waals surface area contributed by atoms with Gasteiger partial charge in [-0.05, 0) is 79.9 Å². The Morgan fingerprint density at radius 1 is 0.870 bits per heavy atom. The molecule has 8 nitrogen and oxygen atoms in total. The van der Waals surface area contributed by atoms with Crippen LogP contribution < -0.4 is 14.4 Å². The van der Waals surface area contributed by atoms with E-state index in [0.29, 0.717) is 24.6 Å². The lowest BCUT2D eigenvalue weighted by Crippen LogP contribution is -2.53. The van der Waals surface area contributed by atoms with Crippen molar-refractivity contribution >= 4 is 43.5 Å². The summed E-state index contributed by atoms with van der Waals surface area (Å²) >= 11 is 3.51. The fraction of sp³-hybridized carbons (Fsp3) is 0.278. The molecule has 0 aliphatic rings. The minimum Gasteiger partial charge on any atom is -0.494 e. The molecular formula is C36H40BrN3O5S. The van der Waals surface area contributed by atoms with Crippen LogP contribution in [0.25, 0.3) is 0 Å². The van der Waals surface area contributed by atoms with Crippen molar-refractivity contribution < 1.29 is 22.7 Å². The number of rotatable bonds is 15. The standard InChI is InChI=1S/C36H40BrN3O5S/c1-4-22-38-36(42)34(24-28-10-7-6-8-11-28)39(25-29-12-9-13-30(37)23-29)35(41)26-40(31-16-14-27(3)15-17-31)46(43,44)33-20-18-32(19-21-33)45-5-2/h6-21,23,34H,4-5,22,24-26H2,1-3H3,(H,38,42). The Morgan fingerprint density at radius 3 is 2.17 bits per heavy atom. The van der Waals surface area contributed by atoms with Crippen LogP contribution in [0.4, 0.5) is 5.69 Å². The molecule has 0 aromatic heterocycles. The predicted molar refractivity (Wildman–Crippen MR) is 185 cm³/mol. The van der Waals surface area contributed by atoms with Gasteiger partial charge >= 0.3 is 0 Å². The van der Waals surface area contributed by atoms with Gasteiger partial charge in [-0.15, -0.1) is 0 Å². The first kappa shape index (κ1) is 34.7. The van der Waals surface area contributed by atoms with E-state index in [1.165, 1.54) is 17.0 Å². The number of ether oxygens (including phenoxy) is 1. The summed E-state index contributed by atoms with van der Waals surface area (Å²) < 4.78 is 35.9. The average molecular weight is 707 g/mol. The fourth-order valence-corrected chi connectivity index (χ4v) is 6.85. The third-order valence-electron chi connectivity index (χ3n) is 7.39. The van der Waals surface area contributed by atoms with Crippen LogP contribution in [0.3, 0.4) is 0 Å².